The highest BCUT2D eigenvalue weighted by atomic mass is 35.5. The summed E-state index contributed by atoms with van der Waals surface area (Å²) in [6.07, 6.45) is 0.425. The Morgan fingerprint density at radius 2 is 1.64 bits per heavy atom. The number of benzene rings is 3. The fraction of sp³-hybridized carbons (Fsp3) is 0.323. The minimum atomic E-state index is -0.914. The standard InChI is InChI=1S/C31H34ClNO2S/c1-19(2)23-12-15-26-25(16-23)29(36-28-20(3)8-7-9-21(28)4)27(17-31(5,6)30(34)35)33(26)18-22-10-13-24(32)14-11-22/h7-16,19H,17-18H2,1-6H3,(H,34,35). The highest BCUT2D eigenvalue weighted by Crippen LogP contribution is 2.44. The van der Waals surface area contributed by atoms with Crippen molar-refractivity contribution in [2.45, 2.75) is 70.2 Å². The maximum Gasteiger partial charge on any atom is 0.309 e. The van der Waals surface area contributed by atoms with E-state index < -0.39 is 11.4 Å². The second-order valence-electron chi connectivity index (χ2n) is 10.6. The van der Waals surface area contributed by atoms with Crippen LogP contribution < -0.4 is 0 Å². The average molecular weight is 520 g/mol. The summed E-state index contributed by atoms with van der Waals surface area (Å²) in [7, 11) is 0. The van der Waals surface area contributed by atoms with Gasteiger partial charge in [-0.2, -0.15) is 0 Å². The topological polar surface area (TPSA) is 42.2 Å². The molecule has 36 heavy (non-hydrogen) atoms. The van der Waals surface area contributed by atoms with Gasteiger partial charge in [0.2, 0.25) is 0 Å². The molecule has 5 heteroatoms. The molecule has 0 atom stereocenters. The first-order valence-electron chi connectivity index (χ1n) is 12.3. The van der Waals surface area contributed by atoms with Crippen LogP contribution in [0.1, 0.15) is 61.6 Å². The SMILES string of the molecule is Cc1cccc(C)c1Sc1c(CC(C)(C)C(=O)O)n(Cc2ccc(Cl)cc2)c2ccc(C(C)C)cc12. The Bertz CT molecular complexity index is 1400. The number of fused-ring (bicyclic) bond motifs is 1. The molecule has 0 aliphatic carbocycles. The van der Waals surface area contributed by atoms with Gasteiger partial charge in [-0.1, -0.05) is 73.6 Å². The lowest BCUT2D eigenvalue weighted by molar-refractivity contribution is -0.146. The lowest BCUT2D eigenvalue weighted by atomic mass is 9.88. The zero-order valence-corrected chi connectivity index (χ0v) is 23.4. The monoisotopic (exact) mass is 519 g/mol. The molecule has 0 aliphatic rings. The summed E-state index contributed by atoms with van der Waals surface area (Å²) in [5.41, 5.74) is 6.12. The Labute approximate surface area is 223 Å². The van der Waals surface area contributed by atoms with Crippen LogP contribution in [0, 0.1) is 19.3 Å². The van der Waals surface area contributed by atoms with Crippen molar-refractivity contribution in [2.75, 3.05) is 0 Å². The van der Waals surface area contributed by atoms with E-state index in [1.54, 1.807) is 11.8 Å². The summed E-state index contributed by atoms with van der Waals surface area (Å²) in [6.45, 7) is 13.0. The van der Waals surface area contributed by atoms with E-state index in [-0.39, 0.29) is 0 Å². The van der Waals surface area contributed by atoms with E-state index in [2.05, 4.69) is 68.7 Å². The van der Waals surface area contributed by atoms with Crippen molar-refractivity contribution in [3.8, 4) is 0 Å². The molecule has 188 valence electrons. The average Bonchev–Trinajstić information content (AvgIpc) is 3.08. The third-order valence-electron chi connectivity index (χ3n) is 6.87. The lowest BCUT2D eigenvalue weighted by Gasteiger charge is -2.22. The van der Waals surface area contributed by atoms with Crippen LogP contribution in [0.25, 0.3) is 10.9 Å². The molecule has 0 unspecified atom stereocenters. The number of carbonyl (C=O) groups is 1. The van der Waals surface area contributed by atoms with E-state index in [4.69, 9.17) is 11.6 Å². The zero-order chi connectivity index (χ0) is 26.2. The van der Waals surface area contributed by atoms with Crippen molar-refractivity contribution in [3.05, 3.63) is 93.6 Å². The second-order valence-corrected chi connectivity index (χ2v) is 12.1. The maximum atomic E-state index is 12.2. The van der Waals surface area contributed by atoms with Crippen molar-refractivity contribution in [1.29, 1.82) is 0 Å². The van der Waals surface area contributed by atoms with Gasteiger partial charge >= 0.3 is 5.97 Å². The number of rotatable bonds is 8. The van der Waals surface area contributed by atoms with Gasteiger partial charge in [0.1, 0.15) is 0 Å². The molecule has 0 fully saturated rings. The van der Waals surface area contributed by atoms with Crippen LogP contribution in [0.2, 0.25) is 5.02 Å². The van der Waals surface area contributed by atoms with E-state index in [9.17, 15) is 9.90 Å². The van der Waals surface area contributed by atoms with Crippen LogP contribution in [-0.4, -0.2) is 15.6 Å². The normalized spacial score (nSPS) is 12.0. The largest absolute Gasteiger partial charge is 0.481 e. The van der Waals surface area contributed by atoms with Crippen LogP contribution in [0.5, 0.6) is 0 Å². The van der Waals surface area contributed by atoms with Crippen LogP contribution in [-0.2, 0) is 17.8 Å². The van der Waals surface area contributed by atoms with Crippen LogP contribution in [0.3, 0.4) is 0 Å². The first-order valence-corrected chi connectivity index (χ1v) is 13.5. The number of aliphatic carboxylic acids is 1. The molecule has 0 aliphatic heterocycles. The van der Waals surface area contributed by atoms with Gasteiger partial charge in [0.05, 0.1) is 5.41 Å². The molecule has 3 aromatic carbocycles. The maximum absolute atomic E-state index is 12.2. The Morgan fingerprint density at radius 3 is 2.22 bits per heavy atom. The van der Waals surface area contributed by atoms with Crippen molar-refractivity contribution < 1.29 is 9.90 Å². The van der Waals surface area contributed by atoms with E-state index in [0.717, 1.165) is 21.7 Å². The summed E-state index contributed by atoms with van der Waals surface area (Å²) in [5, 5.41) is 11.9. The Balaban J connectivity index is 2.00. The van der Waals surface area contributed by atoms with Gasteiger partial charge in [-0.15, -0.1) is 0 Å². The van der Waals surface area contributed by atoms with Gasteiger partial charge in [-0.25, -0.2) is 0 Å². The van der Waals surface area contributed by atoms with Crippen molar-refractivity contribution in [2.24, 2.45) is 5.41 Å². The molecule has 3 nitrogen and oxygen atoms in total. The Kier molecular flexibility index (Phi) is 7.59. The minimum absolute atomic E-state index is 0.394. The molecule has 0 saturated carbocycles. The number of carboxylic acids is 1. The van der Waals surface area contributed by atoms with Gasteiger partial charge in [-0.05, 0) is 80.1 Å². The summed E-state index contributed by atoms with van der Waals surface area (Å²) in [4.78, 5) is 14.6. The number of hydrogen-bond donors (Lipinski definition) is 1. The molecule has 0 radical (unpaired) electrons. The molecule has 0 amide bonds. The molecular weight excluding hydrogens is 486 g/mol. The van der Waals surface area contributed by atoms with Gasteiger partial charge in [0.15, 0.2) is 0 Å². The quantitative estimate of drug-likeness (QED) is 0.252. The lowest BCUT2D eigenvalue weighted by Crippen LogP contribution is -2.27. The van der Waals surface area contributed by atoms with Gasteiger partial charge < -0.3 is 9.67 Å². The first kappa shape index (κ1) is 26.4. The molecule has 4 rings (SSSR count). The minimum Gasteiger partial charge on any atom is -0.481 e. The third-order valence-corrected chi connectivity index (χ3v) is 8.63. The third kappa shape index (κ3) is 5.35. The summed E-state index contributed by atoms with van der Waals surface area (Å²) in [6, 6.07) is 21.0. The number of aryl methyl sites for hydroxylation is 2. The van der Waals surface area contributed by atoms with E-state index in [0.29, 0.717) is 23.9 Å². The summed E-state index contributed by atoms with van der Waals surface area (Å²) < 4.78 is 2.31. The van der Waals surface area contributed by atoms with Crippen LogP contribution in [0.4, 0.5) is 0 Å². The van der Waals surface area contributed by atoms with E-state index in [1.807, 2.05) is 38.1 Å². The number of aromatic nitrogens is 1. The van der Waals surface area contributed by atoms with E-state index in [1.165, 1.54) is 27.0 Å². The molecule has 1 heterocycles. The van der Waals surface area contributed by atoms with Crippen LogP contribution >= 0.6 is 23.4 Å². The van der Waals surface area contributed by atoms with Crippen molar-refractivity contribution in [3.63, 3.8) is 0 Å². The molecule has 0 bridgehead atoms. The number of carboxylic acid groups (broad SMARTS) is 1. The fourth-order valence-electron chi connectivity index (χ4n) is 4.55. The van der Waals surface area contributed by atoms with Gasteiger partial charge in [0.25, 0.3) is 0 Å². The zero-order valence-electron chi connectivity index (χ0n) is 21.9. The molecule has 1 N–H and O–H groups in total. The summed E-state index contributed by atoms with van der Waals surface area (Å²) in [5.74, 6) is -0.400. The Hall–Kier alpha value is -2.69. The smallest absolute Gasteiger partial charge is 0.309 e. The van der Waals surface area contributed by atoms with Crippen LogP contribution in [0.15, 0.2) is 70.5 Å². The summed E-state index contributed by atoms with van der Waals surface area (Å²) >= 11 is 7.93. The molecule has 4 aromatic rings. The second kappa shape index (κ2) is 10.4. The van der Waals surface area contributed by atoms with Crippen molar-refractivity contribution in [1.82, 2.24) is 4.57 Å². The van der Waals surface area contributed by atoms with Gasteiger partial charge in [0, 0.05) is 44.4 Å². The van der Waals surface area contributed by atoms with Gasteiger partial charge in [-0.3, -0.25) is 4.79 Å². The molecule has 1 aromatic heterocycles. The highest BCUT2D eigenvalue weighted by Gasteiger charge is 2.32. The number of hydrogen-bond acceptors (Lipinski definition) is 2. The highest BCUT2D eigenvalue weighted by molar-refractivity contribution is 7.99. The predicted octanol–water partition coefficient (Wildman–Crippen LogP) is 8.89. The molecule has 0 saturated heterocycles. The fourth-order valence-corrected chi connectivity index (χ4v) is 5.91. The molecule has 0 spiro atoms. The van der Waals surface area contributed by atoms with E-state index >= 15 is 0 Å². The first-order chi connectivity index (χ1) is 17.0. The number of nitrogens with zero attached hydrogens (tertiary/aromatic N) is 1. The van der Waals surface area contributed by atoms with Crippen molar-refractivity contribution >= 4 is 40.2 Å². The number of halogens is 1. The predicted molar refractivity (Wildman–Crippen MR) is 152 cm³/mol. The molecular formula is C31H34ClNO2S. The Morgan fingerprint density at radius 1 is 1.00 bits per heavy atom.